The molecule has 0 unspecified atom stereocenters. The maximum Gasteiger partial charge on any atom is 0.146 e. The fraction of sp³-hybridized carbons (Fsp3) is 0.250. The molecular weight excluding hydrogens is 214 g/mol. The lowest BCUT2D eigenvalue weighted by Crippen LogP contribution is -2.19. The van der Waals surface area contributed by atoms with Gasteiger partial charge in [-0.3, -0.25) is 4.68 Å². The molecular formula is C12H13N5. The van der Waals surface area contributed by atoms with Crippen molar-refractivity contribution in [2.75, 3.05) is 11.9 Å². The van der Waals surface area contributed by atoms with Crippen LogP contribution in [0.1, 0.15) is 11.4 Å². The molecule has 0 bridgehead atoms. The van der Waals surface area contributed by atoms with Gasteiger partial charge in [0, 0.05) is 19.8 Å². The first-order chi connectivity index (χ1) is 8.20. The van der Waals surface area contributed by atoms with Gasteiger partial charge in [-0.15, -0.1) is 0 Å². The van der Waals surface area contributed by atoms with Crippen LogP contribution in [0.5, 0.6) is 0 Å². The van der Waals surface area contributed by atoms with E-state index in [0.29, 0.717) is 12.1 Å². The largest absolute Gasteiger partial charge is 0.367 e. The molecule has 0 fully saturated rings. The Morgan fingerprint density at radius 3 is 2.59 bits per heavy atom. The Morgan fingerprint density at radius 2 is 2.06 bits per heavy atom. The van der Waals surface area contributed by atoms with Gasteiger partial charge < -0.3 is 4.90 Å². The number of hydrogen-bond donors (Lipinski definition) is 0. The normalized spacial score (nSPS) is 9.94. The van der Waals surface area contributed by atoms with Gasteiger partial charge in [-0.1, -0.05) is 0 Å². The van der Waals surface area contributed by atoms with Gasteiger partial charge in [-0.25, -0.2) is 4.98 Å². The molecule has 86 valence electrons. The molecule has 0 aliphatic carbocycles. The maximum absolute atomic E-state index is 8.73. The summed E-state index contributed by atoms with van der Waals surface area (Å²) in [6, 6.07) is 9.57. The van der Waals surface area contributed by atoms with Gasteiger partial charge in [0.1, 0.15) is 12.2 Å². The molecule has 1 heterocycles. The minimum Gasteiger partial charge on any atom is -0.367 e. The van der Waals surface area contributed by atoms with E-state index in [9.17, 15) is 0 Å². The van der Waals surface area contributed by atoms with Gasteiger partial charge in [0.15, 0.2) is 0 Å². The monoisotopic (exact) mass is 227 g/mol. The second-order valence-corrected chi connectivity index (χ2v) is 3.81. The third-order valence-corrected chi connectivity index (χ3v) is 2.62. The highest BCUT2D eigenvalue weighted by atomic mass is 15.3. The highest BCUT2D eigenvalue weighted by Gasteiger charge is 2.06. The van der Waals surface area contributed by atoms with Crippen LogP contribution in [0.2, 0.25) is 0 Å². The molecule has 0 aliphatic rings. The molecule has 1 aromatic heterocycles. The molecule has 0 spiro atoms. The van der Waals surface area contributed by atoms with Gasteiger partial charge in [0.25, 0.3) is 0 Å². The van der Waals surface area contributed by atoms with Crippen LogP contribution in [0.4, 0.5) is 5.69 Å². The zero-order valence-corrected chi connectivity index (χ0v) is 9.83. The predicted octanol–water partition coefficient (Wildman–Crippen LogP) is 1.32. The summed E-state index contributed by atoms with van der Waals surface area (Å²) < 4.78 is 1.75. The van der Waals surface area contributed by atoms with Crippen molar-refractivity contribution in [1.82, 2.24) is 14.8 Å². The molecule has 17 heavy (non-hydrogen) atoms. The third kappa shape index (κ3) is 2.42. The summed E-state index contributed by atoms with van der Waals surface area (Å²) in [7, 11) is 3.85. The van der Waals surface area contributed by atoms with Gasteiger partial charge in [0.2, 0.25) is 0 Å². The Morgan fingerprint density at radius 1 is 1.35 bits per heavy atom. The van der Waals surface area contributed by atoms with Gasteiger partial charge in [-0.05, 0) is 24.3 Å². The summed E-state index contributed by atoms with van der Waals surface area (Å²) >= 11 is 0. The second kappa shape index (κ2) is 4.66. The summed E-state index contributed by atoms with van der Waals surface area (Å²) in [6.07, 6.45) is 1.54. The van der Waals surface area contributed by atoms with Crippen molar-refractivity contribution >= 4 is 5.69 Å². The van der Waals surface area contributed by atoms with Crippen LogP contribution in [0.25, 0.3) is 0 Å². The molecule has 1 aromatic carbocycles. The number of hydrogen-bond acceptors (Lipinski definition) is 4. The number of aryl methyl sites for hydroxylation is 1. The molecule has 0 aliphatic heterocycles. The van der Waals surface area contributed by atoms with Gasteiger partial charge in [-0.2, -0.15) is 10.4 Å². The van der Waals surface area contributed by atoms with Crippen molar-refractivity contribution in [3.63, 3.8) is 0 Å². The van der Waals surface area contributed by atoms with Crippen molar-refractivity contribution in [3.8, 4) is 6.07 Å². The van der Waals surface area contributed by atoms with Crippen LogP contribution in [-0.4, -0.2) is 21.8 Å². The van der Waals surface area contributed by atoms with Crippen molar-refractivity contribution in [2.24, 2.45) is 7.05 Å². The standard InChI is InChI=1S/C12H13N5/c1-16(8-12-14-9-15-17(12)2)11-5-3-10(7-13)4-6-11/h3-6,9H,8H2,1-2H3. The Balaban J connectivity index is 2.12. The first-order valence-corrected chi connectivity index (χ1v) is 5.25. The Kier molecular flexibility index (Phi) is 3.06. The fourth-order valence-electron chi connectivity index (χ4n) is 1.56. The molecule has 0 saturated carbocycles. The average Bonchev–Trinajstić information content (AvgIpc) is 2.75. The van der Waals surface area contributed by atoms with Gasteiger partial charge in [0.05, 0.1) is 18.2 Å². The maximum atomic E-state index is 8.73. The van der Waals surface area contributed by atoms with Crippen molar-refractivity contribution in [1.29, 1.82) is 5.26 Å². The van der Waals surface area contributed by atoms with E-state index in [1.807, 2.05) is 38.4 Å². The number of rotatable bonds is 3. The van der Waals surface area contributed by atoms with E-state index in [4.69, 9.17) is 5.26 Å². The van der Waals surface area contributed by atoms with Crippen LogP contribution >= 0.6 is 0 Å². The first kappa shape index (κ1) is 11.1. The van der Waals surface area contributed by atoms with E-state index >= 15 is 0 Å². The summed E-state index contributed by atoms with van der Waals surface area (Å²) in [6.45, 7) is 0.683. The molecule has 0 amide bonds. The van der Waals surface area contributed by atoms with E-state index in [2.05, 4.69) is 21.1 Å². The zero-order chi connectivity index (χ0) is 12.3. The Hall–Kier alpha value is -2.35. The summed E-state index contributed by atoms with van der Waals surface area (Å²) in [5.41, 5.74) is 1.72. The lowest BCUT2D eigenvalue weighted by Gasteiger charge is -2.18. The number of nitriles is 1. The number of anilines is 1. The second-order valence-electron chi connectivity index (χ2n) is 3.81. The minimum atomic E-state index is 0.667. The van der Waals surface area contributed by atoms with Crippen molar-refractivity contribution < 1.29 is 0 Å². The predicted molar refractivity (Wildman–Crippen MR) is 64.3 cm³/mol. The zero-order valence-electron chi connectivity index (χ0n) is 9.83. The van der Waals surface area contributed by atoms with Gasteiger partial charge >= 0.3 is 0 Å². The Labute approximate surface area is 99.9 Å². The lowest BCUT2D eigenvalue weighted by molar-refractivity contribution is 0.688. The van der Waals surface area contributed by atoms with E-state index < -0.39 is 0 Å². The number of benzene rings is 1. The van der Waals surface area contributed by atoms with Crippen LogP contribution in [0.3, 0.4) is 0 Å². The van der Waals surface area contributed by atoms with E-state index in [-0.39, 0.29) is 0 Å². The highest BCUT2D eigenvalue weighted by molar-refractivity contribution is 5.48. The molecule has 5 heteroatoms. The smallest absolute Gasteiger partial charge is 0.146 e. The molecule has 2 aromatic rings. The molecule has 0 radical (unpaired) electrons. The molecule has 5 nitrogen and oxygen atoms in total. The van der Waals surface area contributed by atoms with Crippen molar-refractivity contribution in [3.05, 3.63) is 42.0 Å². The van der Waals surface area contributed by atoms with Crippen molar-refractivity contribution in [2.45, 2.75) is 6.54 Å². The highest BCUT2D eigenvalue weighted by Crippen LogP contribution is 2.15. The molecule has 2 rings (SSSR count). The van der Waals surface area contributed by atoms with E-state index in [1.54, 1.807) is 11.0 Å². The van der Waals surface area contributed by atoms with Crippen LogP contribution in [0.15, 0.2) is 30.6 Å². The summed E-state index contributed by atoms with van der Waals surface area (Å²) in [5, 5.41) is 12.8. The van der Waals surface area contributed by atoms with E-state index in [1.165, 1.54) is 0 Å². The number of nitrogens with zero attached hydrogens (tertiary/aromatic N) is 5. The molecule has 0 atom stereocenters. The van der Waals surface area contributed by atoms with E-state index in [0.717, 1.165) is 11.5 Å². The lowest BCUT2D eigenvalue weighted by atomic mass is 10.2. The molecule has 0 N–H and O–H groups in total. The fourth-order valence-corrected chi connectivity index (χ4v) is 1.56. The average molecular weight is 227 g/mol. The summed E-state index contributed by atoms with van der Waals surface area (Å²) in [4.78, 5) is 6.23. The number of aromatic nitrogens is 3. The molecule has 0 saturated heterocycles. The quantitative estimate of drug-likeness (QED) is 0.793. The van der Waals surface area contributed by atoms with Crippen LogP contribution in [0, 0.1) is 11.3 Å². The minimum absolute atomic E-state index is 0.667. The first-order valence-electron chi connectivity index (χ1n) is 5.25. The third-order valence-electron chi connectivity index (χ3n) is 2.62. The topological polar surface area (TPSA) is 57.7 Å². The Bertz CT molecular complexity index is 535. The SMILES string of the molecule is CN(Cc1ncnn1C)c1ccc(C#N)cc1. The van der Waals surface area contributed by atoms with Crippen LogP contribution in [-0.2, 0) is 13.6 Å². The van der Waals surface area contributed by atoms with Crippen LogP contribution < -0.4 is 4.90 Å². The summed E-state index contributed by atoms with van der Waals surface area (Å²) in [5.74, 6) is 0.900.